The third kappa shape index (κ3) is 6.45. The zero-order valence-corrected chi connectivity index (χ0v) is 11.0. The highest BCUT2D eigenvalue weighted by atomic mass is 14.2. The van der Waals surface area contributed by atoms with Crippen molar-refractivity contribution in [3.8, 4) is 0 Å². The van der Waals surface area contributed by atoms with Crippen LogP contribution < -0.4 is 0 Å². The smallest absolute Gasteiger partial charge is 0.0329 e. The predicted molar refractivity (Wildman–Crippen MR) is 66.6 cm³/mol. The molecule has 0 aromatic rings. The Balaban J connectivity index is 3.61. The van der Waals surface area contributed by atoms with E-state index in [-0.39, 0.29) is 0 Å². The lowest BCUT2D eigenvalue weighted by molar-refractivity contribution is 0.246. The molecule has 0 aliphatic carbocycles. The normalized spacial score (nSPS) is 15.9. The average Bonchev–Trinajstić information content (AvgIpc) is 2.13. The number of unbranched alkanes of at least 4 members (excludes halogenated alkanes) is 1. The van der Waals surface area contributed by atoms with Gasteiger partial charge in [0.2, 0.25) is 0 Å². The van der Waals surface area contributed by atoms with Crippen molar-refractivity contribution >= 4 is 0 Å². The molecule has 0 fully saturated rings. The molecule has 0 saturated carbocycles. The van der Waals surface area contributed by atoms with Crippen LogP contribution in [-0.2, 0) is 0 Å². The van der Waals surface area contributed by atoms with E-state index in [1.165, 1.54) is 44.9 Å². The molecule has 86 valence electrons. The SMILES string of the molecule is CCCC(C)(CC)CCCCC(C)C. The zero-order chi connectivity index (χ0) is 11.0. The van der Waals surface area contributed by atoms with Crippen LogP contribution in [0.2, 0.25) is 0 Å². The van der Waals surface area contributed by atoms with Crippen molar-refractivity contribution < 1.29 is 0 Å². The Morgan fingerprint density at radius 2 is 1.64 bits per heavy atom. The summed E-state index contributed by atoms with van der Waals surface area (Å²) in [6.07, 6.45) is 9.80. The van der Waals surface area contributed by atoms with Crippen LogP contribution in [0.4, 0.5) is 0 Å². The van der Waals surface area contributed by atoms with Crippen LogP contribution in [0.25, 0.3) is 0 Å². The van der Waals surface area contributed by atoms with Crippen molar-refractivity contribution in [2.45, 2.75) is 79.6 Å². The Hall–Kier alpha value is 0. The minimum absolute atomic E-state index is 0.631. The van der Waals surface area contributed by atoms with Crippen molar-refractivity contribution in [1.29, 1.82) is 0 Å². The molecular formula is C14H30. The van der Waals surface area contributed by atoms with Gasteiger partial charge in [0.15, 0.2) is 0 Å². The van der Waals surface area contributed by atoms with Gasteiger partial charge in [-0.15, -0.1) is 0 Å². The first kappa shape index (κ1) is 14.0. The van der Waals surface area contributed by atoms with Gasteiger partial charge in [-0.2, -0.15) is 0 Å². The van der Waals surface area contributed by atoms with E-state index in [0.29, 0.717) is 5.41 Å². The quantitative estimate of drug-likeness (QED) is 0.457. The van der Waals surface area contributed by atoms with E-state index in [1.54, 1.807) is 0 Å². The van der Waals surface area contributed by atoms with Crippen LogP contribution in [-0.4, -0.2) is 0 Å². The molecule has 0 aliphatic rings. The number of hydrogen-bond donors (Lipinski definition) is 0. The molecule has 0 rings (SSSR count). The van der Waals surface area contributed by atoms with Crippen LogP contribution >= 0.6 is 0 Å². The van der Waals surface area contributed by atoms with Crippen LogP contribution in [0, 0.1) is 11.3 Å². The Morgan fingerprint density at radius 1 is 1.00 bits per heavy atom. The van der Waals surface area contributed by atoms with E-state index >= 15 is 0 Å². The fourth-order valence-corrected chi connectivity index (χ4v) is 2.19. The molecule has 1 atom stereocenters. The molecule has 14 heavy (non-hydrogen) atoms. The first-order chi connectivity index (χ1) is 6.54. The maximum Gasteiger partial charge on any atom is -0.0329 e. The lowest BCUT2D eigenvalue weighted by atomic mass is 9.78. The summed E-state index contributed by atoms with van der Waals surface area (Å²) < 4.78 is 0. The maximum atomic E-state index is 2.46. The average molecular weight is 198 g/mol. The summed E-state index contributed by atoms with van der Waals surface area (Å²) in [6.45, 7) is 11.8. The summed E-state index contributed by atoms with van der Waals surface area (Å²) in [4.78, 5) is 0. The van der Waals surface area contributed by atoms with E-state index in [1.807, 2.05) is 0 Å². The van der Waals surface area contributed by atoms with Crippen molar-refractivity contribution in [3.63, 3.8) is 0 Å². The molecule has 0 nitrogen and oxygen atoms in total. The Bertz CT molecular complexity index is 126. The molecule has 0 bridgehead atoms. The molecule has 0 heteroatoms. The van der Waals surface area contributed by atoms with Gasteiger partial charge in [0.05, 0.1) is 0 Å². The summed E-state index contributed by atoms with van der Waals surface area (Å²) in [5, 5.41) is 0. The van der Waals surface area contributed by atoms with Gasteiger partial charge in [-0.3, -0.25) is 0 Å². The van der Waals surface area contributed by atoms with Gasteiger partial charge >= 0.3 is 0 Å². The first-order valence-corrected chi connectivity index (χ1v) is 6.54. The van der Waals surface area contributed by atoms with Gasteiger partial charge in [-0.1, -0.05) is 66.7 Å². The highest BCUT2D eigenvalue weighted by Gasteiger charge is 2.19. The highest BCUT2D eigenvalue weighted by Crippen LogP contribution is 2.33. The third-order valence-electron chi connectivity index (χ3n) is 3.52. The molecule has 0 heterocycles. The monoisotopic (exact) mass is 198 g/mol. The Labute approximate surface area is 91.5 Å². The largest absolute Gasteiger partial charge is 0.0654 e. The fourth-order valence-electron chi connectivity index (χ4n) is 2.19. The number of rotatable bonds is 8. The summed E-state index contributed by atoms with van der Waals surface area (Å²) in [5.41, 5.74) is 0.631. The van der Waals surface area contributed by atoms with Crippen LogP contribution in [0.3, 0.4) is 0 Å². The van der Waals surface area contributed by atoms with Crippen molar-refractivity contribution in [1.82, 2.24) is 0 Å². The molecule has 0 aromatic heterocycles. The molecule has 1 unspecified atom stereocenters. The van der Waals surface area contributed by atoms with Crippen LogP contribution in [0.15, 0.2) is 0 Å². The third-order valence-corrected chi connectivity index (χ3v) is 3.52. The van der Waals surface area contributed by atoms with Gasteiger partial charge in [-0.05, 0) is 24.2 Å². The van der Waals surface area contributed by atoms with Gasteiger partial charge in [-0.25, -0.2) is 0 Å². The minimum atomic E-state index is 0.631. The Kier molecular flexibility index (Phi) is 7.31. The van der Waals surface area contributed by atoms with Crippen molar-refractivity contribution in [2.24, 2.45) is 11.3 Å². The molecule has 0 N–H and O–H groups in total. The zero-order valence-electron chi connectivity index (χ0n) is 11.0. The molecular weight excluding hydrogens is 168 g/mol. The standard InChI is InChI=1S/C14H30/c1-6-11-14(5,7-2)12-9-8-10-13(3)4/h13H,6-12H2,1-5H3. The summed E-state index contributed by atoms with van der Waals surface area (Å²) in [5.74, 6) is 0.883. The highest BCUT2D eigenvalue weighted by molar-refractivity contribution is 4.72. The Morgan fingerprint density at radius 3 is 2.07 bits per heavy atom. The fraction of sp³-hybridized carbons (Fsp3) is 1.00. The van der Waals surface area contributed by atoms with Crippen LogP contribution in [0.5, 0.6) is 0 Å². The van der Waals surface area contributed by atoms with Gasteiger partial charge < -0.3 is 0 Å². The van der Waals surface area contributed by atoms with E-state index < -0.39 is 0 Å². The number of hydrogen-bond acceptors (Lipinski definition) is 0. The van der Waals surface area contributed by atoms with E-state index in [4.69, 9.17) is 0 Å². The van der Waals surface area contributed by atoms with Crippen LogP contribution in [0.1, 0.15) is 79.6 Å². The molecule has 0 aliphatic heterocycles. The molecule has 0 saturated heterocycles. The second kappa shape index (κ2) is 7.31. The minimum Gasteiger partial charge on any atom is -0.0654 e. The second-order valence-electron chi connectivity index (χ2n) is 5.55. The summed E-state index contributed by atoms with van der Waals surface area (Å²) in [6, 6.07) is 0. The van der Waals surface area contributed by atoms with Gasteiger partial charge in [0.25, 0.3) is 0 Å². The molecule has 0 amide bonds. The second-order valence-corrected chi connectivity index (χ2v) is 5.55. The van der Waals surface area contributed by atoms with Crippen molar-refractivity contribution in [2.75, 3.05) is 0 Å². The summed E-state index contributed by atoms with van der Waals surface area (Å²) >= 11 is 0. The molecule has 0 aromatic carbocycles. The lowest BCUT2D eigenvalue weighted by Crippen LogP contribution is -2.14. The first-order valence-electron chi connectivity index (χ1n) is 6.54. The maximum absolute atomic E-state index is 2.46. The summed E-state index contributed by atoms with van der Waals surface area (Å²) in [7, 11) is 0. The molecule has 0 spiro atoms. The van der Waals surface area contributed by atoms with Crippen molar-refractivity contribution in [3.05, 3.63) is 0 Å². The van der Waals surface area contributed by atoms with E-state index in [2.05, 4.69) is 34.6 Å². The predicted octanol–water partition coefficient (Wildman–Crippen LogP) is 5.42. The van der Waals surface area contributed by atoms with Gasteiger partial charge in [0, 0.05) is 0 Å². The topological polar surface area (TPSA) is 0 Å². The lowest BCUT2D eigenvalue weighted by Gasteiger charge is -2.28. The molecule has 0 radical (unpaired) electrons. The van der Waals surface area contributed by atoms with Gasteiger partial charge in [0.1, 0.15) is 0 Å². The van der Waals surface area contributed by atoms with E-state index in [0.717, 1.165) is 5.92 Å². The van der Waals surface area contributed by atoms with E-state index in [9.17, 15) is 0 Å².